The third-order valence-corrected chi connectivity index (χ3v) is 3.54. The van der Waals surface area contributed by atoms with Gasteiger partial charge in [-0.1, -0.05) is 13.0 Å². The monoisotopic (exact) mass is 266 g/mol. The highest BCUT2D eigenvalue weighted by molar-refractivity contribution is 5.45. The zero-order valence-corrected chi connectivity index (χ0v) is 12.6. The van der Waals surface area contributed by atoms with Gasteiger partial charge in [-0.25, -0.2) is 0 Å². The molecule has 108 valence electrons. The molecule has 0 radical (unpaired) electrons. The number of hydrogen-bond acceptors (Lipinski definition) is 4. The predicted molar refractivity (Wildman–Crippen MR) is 78.6 cm³/mol. The lowest BCUT2D eigenvalue weighted by atomic mass is 10.0. The minimum Gasteiger partial charge on any atom is -0.507 e. The largest absolute Gasteiger partial charge is 0.507 e. The fraction of sp³-hybridized carbons (Fsp3) is 0.600. The maximum absolute atomic E-state index is 9.97. The zero-order chi connectivity index (χ0) is 14.6. The number of phenols is 2. The van der Waals surface area contributed by atoms with Crippen LogP contribution in [0.2, 0.25) is 0 Å². The van der Waals surface area contributed by atoms with Crippen LogP contribution in [0.3, 0.4) is 0 Å². The van der Waals surface area contributed by atoms with Gasteiger partial charge in [0, 0.05) is 18.6 Å². The molecule has 4 nitrogen and oxygen atoms in total. The van der Waals surface area contributed by atoms with E-state index >= 15 is 0 Å². The Bertz CT molecular complexity index is 387. The highest BCUT2D eigenvalue weighted by Crippen LogP contribution is 2.36. The van der Waals surface area contributed by atoms with Crippen LogP contribution in [-0.4, -0.2) is 53.2 Å². The lowest BCUT2D eigenvalue weighted by Gasteiger charge is -2.35. The summed E-state index contributed by atoms with van der Waals surface area (Å²) in [6.45, 7) is 8.08. The quantitative estimate of drug-likeness (QED) is 0.830. The summed E-state index contributed by atoms with van der Waals surface area (Å²) in [6, 6.07) is 5.21. The Kier molecular flexibility index (Phi) is 5.63. The van der Waals surface area contributed by atoms with Gasteiger partial charge in [-0.3, -0.25) is 4.90 Å². The fourth-order valence-corrected chi connectivity index (χ4v) is 2.74. The van der Waals surface area contributed by atoms with Crippen molar-refractivity contribution in [2.24, 2.45) is 0 Å². The van der Waals surface area contributed by atoms with Crippen LogP contribution in [0.4, 0.5) is 0 Å². The molecule has 1 aromatic carbocycles. The Morgan fingerprint density at radius 2 is 1.63 bits per heavy atom. The maximum atomic E-state index is 9.97. The summed E-state index contributed by atoms with van der Waals surface area (Å²) in [6.07, 6.45) is 0. The van der Waals surface area contributed by atoms with E-state index in [-0.39, 0.29) is 17.5 Å². The molecule has 2 N–H and O–H groups in total. The standard InChI is InChI=1S/C15H26N2O2/c1-6-17(11(2)10-16(4)5)12(3)15-13(18)8-7-9-14(15)19/h7-9,11-12,18-19H,6,10H2,1-5H3. The third-order valence-electron chi connectivity index (χ3n) is 3.54. The molecule has 1 rings (SSSR count). The molecule has 0 amide bonds. The van der Waals surface area contributed by atoms with Crippen LogP contribution in [0.25, 0.3) is 0 Å². The Hall–Kier alpha value is -1.26. The van der Waals surface area contributed by atoms with Gasteiger partial charge in [-0.05, 0) is 46.6 Å². The van der Waals surface area contributed by atoms with E-state index in [0.29, 0.717) is 11.6 Å². The summed E-state index contributed by atoms with van der Waals surface area (Å²) in [5.41, 5.74) is 0.606. The second kappa shape index (κ2) is 6.78. The molecule has 0 bridgehead atoms. The van der Waals surface area contributed by atoms with E-state index in [2.05, 4.69) is 23.6 Å². The number of hydrogen-bond donors (Lipinski definition) is 2. The summed E-state index contributed by atoms with van der Waals surface area (Å²) in [5.74, 6) is 0.311. The van der Waals surface area contributed by atoms with Crippen LogP contribution in [0.5, 0.6) is 11.5 Å². The first kappa shape index (κ1) is 15.8. The molecule has 0 fully saturated rings. The first-order chi connectivity index (χ1) is 8.88. The molecule has 0 aliphatic heterocycles. The summed E-state index contributed by atoms with van der Waals surface area (Å²) < 4.78 is 0. The molecule has 0 spiro atoms. The molecular weight excluding hydrogens is 240 g/mol. The molecule has 0 saturated carbocycles. The Morgan fingerprint density at radius 3 is 2.05 bits per heavy atom. The number of aromatic hydroxyl groups is 2. The normalized spacial score (nSPS) is 14.9. The average molecular weight is 266 g/mol. The molecule has 2 unspecified atom stereocenters. The molecule has 4 heteroatoms. The number of likely N-dealkylation sites (N-methyl/N-ethyl adjacent to an activating group) is 2. The molecule has 19 heavy (non-hydrogen) atoms. The van der Waals surface area contributed by atoms with Gasteiger partial charge in [0.05, 0.1) is 5.56 Å². The second-order valence-corrected chi connectivity index (χ2v) is 5.33. The maximum Gasteiger partial charge on any atom is 0.124 e. The number of benzene rings is 1. The van der Waals surface area contributed by atoms with E-state index in [1.54, 1.807) is 18.2 Å². The molecule has 1 aromatic rings. The van der Waals surface area contributed by atoms with Crippen molar-refractivity contribution in [1.82, 2.24) is 9.80 Å². The van der Waals surface area contributed by atoms with Crippen LogP contribution >= 0.6 is 0 Å². The van der Waals surface area contributed by atoms with E-state index in [9.17, 15) is 10.2 Å². The van der Waals surface area contributed by atoms with E-state index in [1.807, 2.05) is 21.0 Å². The van der Waals surface area contributed by atoms with Crippen LogP contribution in [0.1, 0.15) is 32.4 Å². The third kappa shape index (κ3) is 3.85. The Balaban J connectivity index is 2.98. The van der Waals surface area contributed by atoms with Crippen molar-refractivity contribution in [2.75, 3.05) is 27.2 Å². The van der Waals surface area contributed by atoms with Gasteiger partial charge < -0.3 is 15.1 Å². The molecule has 0 aromatic heterocycles. The minimum atomic E-state index is -0.0267. The smallest absolute Gasteiger partial charge is 0.124 e. The van der Waals surface area contributed by atoms with Crippen molar-refractivity contribution in [2.45, 2.75) is 32.9 Å². The average Bonchev–Trinajstić information content (AvgIpc) is 2.28. The molecule has 0 aliphatic rings. The lowest BCUT2D eigenvalue weighted by Crippen LogP contribution is -2.41. The van der Waals surface area contributed by atoms with Crippen molar-refractivity contribution in [3.63, 3.8) is 0 Å². The van der Waals surface area contributed by atoms with Crippen molar-refractivity contribution in [3.05, 3.63) is 23.8 Å². The van der Waals surface area contributed by atoms with Gasteiger partial charge in [0.2, 0.25) is 0 Å². The molecule has 0 aliphatic carbocycles. The highest BCUT2D eigenvalue weighted by Gasteiger charge is 2.24. The first-order valence-electron chi connectivity index (χ1n) is 6.79. The van der Waals surface area contributed by atoms with Crippen molar-refractivity contribution < 1.29 is 10.2 Å². The molecule has 2 atom stereocenters. The van der Waals surface area contributed by atoms with Gasteiger partial charge in [0.1, 0.15) is 11.5 Å². The summed E-state index contributed by atoms with van der Waals surface area (Å²) in [5, 5.41) is 19.9. The molecule has 0 heterocycles. The van der Waals surface area contributed by atoms with Gasteiger partial charge in [-0.2, -0.15) is 0 Å². The van der Waals surface area contributed by atoms with E-state index in [4.69, 9.17) is 0 Å². The molecular formula is C15H26N2O2. The highest BCUT2D eigenvalue weighted by atomic mass is 16.3. The number of phenolic OH excluding ortho intramolecular Hbond substituents is 2. The Morgan fingerprint density at radius 1 is 1.11 bits per heavy atom. The summed E-state index contributed by atoms with van der Waals surface area (Å²) >= 11 is 0. The summed E-state index contributed by atoms with van der Waals surface area (Å²) in [4.78, 5) is 4.42. The van der Waals surface area contributed by atoms with E-state index in [1.165, 1.54) is 0 Å². The molecule has 0 saturated heterocycles. The zero-order valence-electron chi connectivity index (χ0n) is 12.6. The van der Waals surface area contributed by atoms with Crippen LogP contribution in [-0.2, 0) is 0 Å². The second-order valence-electron chi connectivity index (χ2n) is 5.33. The predicted octanol–water partition coefficient (Wildman–Crippen LogP) is 2.43. The van der Waals surface area contributed by atoms with Gasteiger partial charge in [0.15, 0.2) is 0 Å². The first-order valence-corrected chi connectivity index (χ1v) is 6.79. The van der Waals surface area contributed by atoms with Crippen LogP contribution in [0.15, 0.2) is 18.2 Å². The van der Waals surface area contributed by atoms with Gasteiger partial charge >= 0.3 is 0 Å². The van der Waals surface area contributed by atoms with E-state index < -0.39 is 0 Å². The van der Waals surface area contributed by atoms with Crippen molar-refractivity contribution in [3.8, 4) is 11.5 Å². The Labute approximate surface area is 116 Å². The fourth-order valence-electron chi connectivity index (χ4n) is 2.74. The van der Waals surface area contributed by atoms with Gasteiger partial charge in [-0.15, -0.1) is 0 Å². The van der Waals surface area contributed by atoms with Crippen LogP contribution < -0.4 is 0 Å². The number of rotatable bonds is 6. The summed E-state index contributed by atoms with van der Waals surface area (Å²) in [7, 11) is 4.10. The van der Waals surface area contributed by atoms with E-state index in [0.717, 1.165) is 13.1 Å². The SMILES string of the molecule is CCN(C(C)CN(C)C)C(C)c1c(O)cccc1O. The van der Waals surface area contributed by atoms with Crippen molar-refractivity contribution >= 4 is 0 Å². The number of nitrogens with zero attached hydrogens (tertiary/aromatic N) is 2. The lowest BCUT2D eigenvalue weighted by molar-refractivity contribution is 0.133. The van der Waals surface area contributed by atoms with Gasteiger partial charge in [0.25, 0.3) is 0 Å². The minimum absolute atomic E-state index is 0.0267. The van der Waals surface area contributed by atoms with Crippen molar-refractivity contribution in [1.29, 1.82) is 0 Å². The van der Waals surface area contributed by atoms with Crippen LogP contribution in [0, 0.1) is 0 Å². The topological polar surface area (TPSA) is 46.9 Å².